The summed E-state index contributed by atoms with van der Waals surface area (Å²) < 4.78 is 1.26. The van der Waals surface area contributed by atoms with Crippen LogP contribution in [0.15, 0.2) is 18.2 Å². The van der Waals surface area contributed by atoms with Crippen molar-refractivity contribution in [1.82, 2.24) is 0 Å². The van der Waals surface area contributed by atoms with E-state index in [9.17, 15) is 4.79 Å². The summed E-state index contributed by atoms with van der Waals surface area (Å²) in [4.78, 5) is 12.2. The van der Waals surface area contributed by atoms with Gasteiger partial charge in [-0.1, -0.05) is 42.3 Å². The Morgan fingerprint density at radius 3 is 2.77 bits per heavy atom. The van der Waals surface area contributed by atoms with Crippen LogP contribution in [0.3, 0.4) is 0 Å². The maximum Gasteiger partial charge on any atom is 0.407 e. The predicted molar refractivity (Wildman–Crippen MR) is 103 cm³/mol. The summed E-state index contributed by atoms with van der Waals surface area (Å²) in [5.74, 6) is 0.419. The van der Waals surface area contributed by atoms with Gasteiger partial charge in [0.1, 0.15) is 0 Å². The molecule has 0 bridgehead atoms. The van der Waals surface area contributed by atoms with Crippen molar-refractivity contribution in [3.63, 3.8) is 0 Å². The molecule has 0 aromatic heterocycles. The standard InChI is InChI=1S/C17H22NOS3/c1-9(2)15(19)20-16-13-11-8-10(3)6-7-12(11)18-17(4,5)14(13)21-22-16/h6-9,13-14,18H,1-5H3/q+1/t13-,14-/m0/s1. The second-order valence-electron chi connectivity index (χ2n) is 6.91. The molecular formula is C17H22NOS3+. The van der Waals surface area contributed by atoms with Crippen LogP contribution in [0.25, 0.3) is 0 Å². The molecule has 1 fully saturated rings. The monoisotopic (exact) mass is 352 g/mol. The van der Waals surface area contributed by atoms with Crippen LogP contribution in [-0.4, -0.2) is 20.1 Å². The van der Waals surface area contributed by atoms with Crippen LogP contribution in [-0.2, 0) is 16.1 Å². The summed E-state index contributed by atoms with van der Waals surface area (Å²) in [5, 5.41) is 4.42. The SMILES string of the molecule is Cc1ccc2c(c1)[C@@H]1C(=[S+]C(=O)C(C)C)SS[C@@H]1C(C)(C)N2. The first-order valence-corrected chi connectivity index (χ1v) is 10.6. The van der Waals surface area contributed by atoms with E-state index in [4.69, 9.17) is 0 Å². The van der Waals surface area contributed by atoms with Gasteiger partial charge in [-0.25, -0.2) is 4.79 Å². The molecule has 2 aliphatic heterocycles. The third-order valence-corrected chi connectivity index (χ3v) is 9.15. The third kappa shape index (κ3) is 2.83. The fourth-order valence-corrected chi connectivity index (χ4v) is 8.18. The highest BCUT2D eigenvalue weighted by Gasteiger charge is 2.53. The summed E-state index contributed by atoms with van der Waals surface area (Å²) in [5.41, 5.74) is 3.87. The Bertz CT molecular complexity index is 651. The van der Waals surface area contributed by atoms with Gasteiger partial charge in [0.2, 0.25) is 0 Å². The number of fused-ring (bicyclic) bond motifs is 3. The lowest BCUT2D eigenvalue weighted by Gasteiger charge is -2.41. The van der Waals surface area contributed by atoms with Gasteiger partial charge in [0.05, 0.1) is 17.1 Å². The van der Waals surface area contributed by atoms with Crippen molar-refractivity contribution in [3.8, 4) is 0 Å². The predicted octanol–water partition coefficient (Wildman–Crippen LogP) is 4.44. The van der Waals surface area contributed by atoms with Gasteiger partial charge in [-0.3, -0.25) is 0 Å². The van der Waals surface area contributed by atoms with Crippen LogP contribution in [0.2, 0.25) is 0 Å². The minimum absolute atomic E-state index is 0.0216. The molecule has 2 atom stereocenters. The van der Waals surface area contributed by atoms with Gasteiger partial charge in [-0.2, -0.15) is 0 Å². The number of aryl methyl sites for hydroxylation is 1. The number of rotatable bonds is 1. The lowest BCUT2D eigenvalue weighted by atomic mass is 9.80. The number of anilines is 1. The number of benzene rings is 1. The Labute approximate surface area is 144 Å². The van der Waals surface area contributed by atoms with E-state index < -0.39 is 0 Å². The average molecular weight is 353 g/mol. The van der Waals surface area contributed by atoms with Crippen LogP contribution in [0.4, 0.5) is 5.69 Å². The maximum atomic E-state index is 12.2. The maximum absolute atomic E-state index is 12.2. The number of carbonyl (C=O) groups is 1. The largest absolute Gasteiger partial charge is 0.407 e. The molecule has 0 spiro atoms. The van der Waals surface area contributed by atoms with Crippen LogP contribution >= 0.6 is 21.6 Å². The molecule has 1 N–H and O–H groups in total. The number of carbonyl (C=O) groups excluding carboxylic acids is 1. The van der Waals surface area contributed by atoms with Crippen molar-refractivity contribution in [1.29, 1.82) is 0 Å². The van der Waals surface area contributed by atoms with Crippen LogP contribution in [0.1, 0.15) is 44.7 Å². The van der Waals surface area contributed by atoms with Crippen molar-refractivity contribution in [2.24, 2.45) is 5.92 Å². The molecular weight excluding hydrogens is 330 g/mol. The molecule has 2 heterocycles. The molecule has 0 amide bonds. The molecule has 3 rings (SSSR count). The summed E-state index contributed by atoms with van der Waals surface area (Å²) in [6.07, 6.45) is 0. The topological polar surface area (TPSA) is 29.1 Å². The third-order valence-electron chi connectivity index (χ3n) is 4.17. The molecule has 2 nitrogen and oxygen atoms in total. The Kier molecular flexibility index (Phi) is 4.34. The van der Waals surface area contributed by atoms with Gasteiger partial charge in [-0.15, -0.1) is 0 Å². The molecule has 0 aliphatic carbocycles. The molecule has 22 heavy (non-hydrogen) atoms. The van der Waals surface area contributed by atoms with E-state index >= 15 is 0 Å². The quantitative estimate of drug-likeness (QED) is 0.459. The normalized spacial score (nSPS) is 27.5. The second kappa shape index (κ2) is 5.84. The highest BCUT2D eigenvalue weighted by atomic mass is 33.1. The lowest BCUT2D eigenvalue weighted by Crippen LogP contribution is -2.48. The molecule has 118 valence electrons. The van der Waals surface area contributed by atoms with Crippen molar-refractivity contribution < 1.29 is 4.79 Å². The van der Waals surface area contributed by atoms with Gasteiger partial charge in [0, 0.05) is 22.0 Å². The minimum atomic E-state index is 0.0216. The Morgan fingerprint density at radius 2 is 2.09 bits per heavy atom. The van der Waals surface area contributed by atoms with Crippen molar-refractivity contribution in [2.75, 3.05) is 5.32 Å². The Morgan fingerprint density at radius 1 is 1.36 bits per heavy atom. The van der Waals surface area contributed by atoms with Gasteiger partial charge >= 0.3 is 5.12 Å². The van der Waals surface area contributed by atoms with Gasteiger partial charge < -0.3 is 5.32 Å². The van der Waals surface area contributed by atoms with Crippen molar-refractivity contribution >= 4 is 47.9 Å². The fourth-order valence-electron chi connectivity index (χ4n) is 2.93. The number of hydrogen-bond acceptors (Lipinski definition) is 4. The van der Waals surface area contributed by atoms with Crippen molar-refractivity contribution in [3.05, 3.63) is 29.3 Å². The minimum Gasteiger partial charge on any atom is -0.379 e. The second-order valence-corrected chi connectivity index (χ2v) is 10.6. The molecule has 0 radical (unpaired) electrons. The smallest absolute Gasteiger partial charge is 0.379 e. The fraction of sp³-hybridized carbons (Fsp3) is 0.529. The lowest BCUT2D eigenvalue weighted by molar-refractivity contribution is -0.113. The first-order chi connectivity index (χ1) is 10.3. The summed E-state index contributed by atoms with van der Waals surface area (Å²) in [6, 6.07) is 6.62. The Balaban J connectivity index is 2.09. The number of nitrogens with one attached hydrogen (secondary N) is 1. The van der Waals surface area contributed by atoms with E-state index in [-0.39, 0.29) is 16.6 Å². The van der Waals surface area contributed by atoms with E-state index in [1.54, 1.807) is 10.8 Å². The summed E-state index contributed by atoms with van der Waals surface area (Å²) >= 11 is 1.46. The van der Waals surface area contributed by atoms with E-state index in [1.165, 1.54) is 32.4 Å². The molecule has 1 saturated heterocycles. The van der Waals surface area contributed by atoms with Crippen LogP contribution in [0.5, 0.6) is 0 Å². The highest BCUT2D eigenvalue weighted by molar-refractivity contribution is 8.84. The number of hydrogen-bond donors (Lipinski definition) is 1. The first kappa shape index (κ1) is 16.3. The molecule has 2 aliphatic rings. The summed E-state index contributed by atoms with van der Waals surface area (Å²) in [7, 11) is 3.71. The average Bonchev–Trinajstić information content (AvgIpc) is 2.84. The Hall–Kier alpha value is -0.520. The first-order valence-electron chi connectivity index (χ1n) is 7.60. The van der Waals surface area contributed by atoms with Crippen molar-refractivity contribution in [2.45, 2.75) is 51.3 Å². The zero-order valence-corrected chi connectivity index (χ0v) is 16.0. The zero-order valence-electron chi connectivity index (χ0n) is 13.6. The van der Waals surface area contributed by atoms with Gasteiger partial charge in [0.15, 0.2) is 0 Å². The zero-order chi connectivity index (χ0) is 16.1. The molecule has 1 aromatic rings. The van der Waals surface area contributed by atoms with E-state index in [1.807, 2.05) is 24.6 Å². The van der Waals surface area contributed by atoms with Crippen LogP contribution in [0, 0.1) is 12.8 Å². The van der Waals surface area contributed by atoms with Crippen LogP contribution < -0.4 is 5.32 Å². The molecule has 5 heteroatoms. The van der Waals surface area contributed by atoms with E-state index in [0.29, 0.717) is 11.2 Å². The summed E-state index contributed by atoms with van der Waals surface area (Å²) in [6.45, 7) is 10.6. The van der Waals surface area contributed by atoms with E-state index in [0.717, 1.165) is 0 Å². The molecule has 1 aromatic carbocycles. The van der Waals surface area contributed by atoms with Gasteiger partial charge in [-0.05, 0) is 32.4 Å². The molecule has 0 saturated carbocycles. The van der Waals surface area contributed by atoms with E-state index in [2.05, 4.69) is 44.3 Å². The molecule has 0 unspecified atom stereocenters. The highest BCUT2D eigenvalue weighted by Crippen LogP contribution is 2.56. The van der Waals surface area contributed by atoms with Gasteiger partial charge in [0.25, 0.3) is 15.5 Å².